The fraction of sp³-hybridized carbons (Fsp3) is 0.542. The van der Waals surface area contributed by atoms with Crippen molar-refractivity contribution in [3.05, 3.63) is 29.1 Å². The summed E-state index contributed by atoms with van der Waals surface area (Å²) in [4.78, 5) is 33.8. The predicted molar refractivity (Wildman–Crippen MR) is 124 cm³/mol. The summed E-state index contributed by atoms with van der Waals surface area (Å²) in [6, 6.07) is 6.75. The topological polar surface area (TPSA) is 65.5 Å². The van der Waals surface area contributed by atoms with Gasteiger partial charge in [0.15, 0.2) is 5.13 Å². The van der Waals surface area contributed by atoms with Gasteiger partial charge in [-0.2, -0.15) is 0 Å². The molecule has 1 aromatic heterocycles. The number of anilines is 2. The van der Waals surface area contributed by atoms with E-state index in [1.807, 2.05) is 23.4 Å². The van der Waals surface area contributed by atoms with Gasteiger partial charge in [-0.25, -0.2) is 4.98 Å². The van der Waals surface area contributed by atoms with Crippen molar-refractivity contribution in [2.24, 2.45) is 5.92 Å². The van der Waals surface area contributed by atoms with Crippen molar-refractivity contribution < 1.29 is 9.59 Å². The number of aromatic nitrogens is 1. The molecule has 2 heterocycles. The highest BCUT2D eigenvalue weighted by Gasteiger charge is 2.36. The highest BCUT2D eigenvalue weighted by atomic mass is 32.1. The maximum atomic E-state index is 12.5. The Morgan fingerprint density at radius 3 is 2.77 bits per heavy atom. The molecule has 31 heavy (non-hydrogen) atoms. The monoisotopic (exact) mass is 438 g/mol. The Hall–Kier alpha value is -2.25. The number of benzene rings is 1. The van der Waals surface area contributed by atoms with Crippen LogP contribution in [0, 0.1) is 5.92 Å². The van der Waals surface area contributed by atoms with Gasteiger partial charge in [0.05, 0.1) is 12.2 Å². The molecular formula is C24H30N4O2S. The standard InChI is InChI=1S/C24H30N4O2S/c1-27(19-5-3-2-4-6-19)14-22(29)26-24-25-20(15-31-24)17-9-10-21-18(13-17)11-12-28(21)23(30)16-7-8-16/h9-10,13,15-16,19H,2-8,11-12,14H2,1H3,(H,25,26,29). The van der Waals surface area contributed by atoms with E-state index in [9.17, 15) is 9.59 Å². The first-order valence-corrected chi connectivity index (χ1v) is 12.4. The first-order valence-electron chi connectivity index (χ1n) is 11.5. The van der Waals surface area contributed by atoms with Crippen LogP contribution < -0.4 is 10.2 Å². The van der Waals surface area contributed by atoms with Crippen molar-refractivity contribution in [3.63, 3.8) is 0 Å². The minimum Gasteiger partial charge on any atom is -0.312 e. The zero-order valence-electron chi connectivity index (χ0n) is 18.1. The van der Waals surface area contributed by atoms with Crippen molar-refractivity contribution in [2.75, 3.05) is 30.4 Å². The van der Waals surface area contributed by atoms with E-state index < -0.39 is 0 Å². The zero-order chi connectivity index (χ0) is 21.4. The Balaban J connectivity index is 1.21. The van der Waals surface area contributed by atoms with Crippen LogP contribution in [0.3, 0.4) is 0 Å². The molecule has 0 unspecified atom stereocenters. The zero-order valence-corrected chi connectivity index (χ0v) is 18.9. The van der Waals surface area contributed by atoms with E-state index in [0.717, 1.165) is 42.8 Å². The lowest BCUT2D eigenvalue weighted by Gasteiger charge is -2.30. The molecule has 0 saturated heterocycles. The first-order chi connectivity index (χ1) is 15.1. The maximum absolute atomic E-state index is 12.5. The number of fused-ring (bicyclic) bond motifs is 1. The fourth-order valence-corrected chi connectivity index (χ4v) is 5.58. The molecule has 6 nitrogen and oxygen atoms in total. The second-order valence-corrected chi connectivity index (χ2v) is 10.0. The van der Waals surface area contributed by atoms with Gasteiger partial charge in [-0.15, -0.1) is 11.3 Å². The van der Waals surface area contributed by atoms with Crippen molar-refractivity contribution in [3.8, 4) is 11.3 Å². The summed E-state index contributed by atoms with van der Waals surface area (Å²) in [5.74, 6) is 0.521. The van der Waals surface area contributed by atoms with Gasteiger partial charge < -0.3 is 10.2 Å². The van der Waals surface area contributed by atoms with E-state index >= 15 is 0 Å². The first kappa shape index (κ1) is 20.6. The quantitative estimate of drug-likeness (QED) is 0.730. The number of nitrogens with zero attached hydrogens (tertiary/aromatic N) is 3. The normalized spacial score (nSPS) is 19.0. The Morgan fingerprint density at radius 2 is 2.00 bits per heavy atom. The van der Waals surface area contributed by atoms with Gasteiger partial charge in [0.1, 0.15) is 0 Å². The number of hydrogen-bond donors (Lipinski definition) is 1. The van der Waals surface area contributed by atoms with Gasteiger partial charge in [-0.3, -0.25) is 14.5 Å². The summed E-state index contributed by atoms with van der Waals surface area (Å²) in [7, 11) is 2.05. The molecule has 0 atom stereocenters. The molecule has 2 aromatic rings. The molecule has 7 heteroatoms. The highest BCUT2D eigenvalue weighted by molar-refractivity contribution is 7.14. The van der Waals surface area contributed by atoms with E-state index in [2.05, 4.69) is 27.3 Å². The van der Waals surface area contributed by atoms with Crippen LogP contribution in [-0.4, -0.2) is 47.9 Å². The molecule has 3 aliphatic rings. The van der Waals surface area contributed by atoms with E-state index in [-0.39, 0.29) is 17.7 Å². The molecule has 2 fully saturated rings. The number of carbonyl (C=O) groups is 2. The molecular weight excluding hydrogens is 408 g/mol. The number of likely N-dealkylation sites (N-methyl/N-ethyl adjacent to an activating group) is 1. The second-order valence-electron chi connectivity index (χ2n) is 9.15. The van der Waals surface area contributed by atoms with Crippen molar-refractivity contribution >= 4 is 34.0 Å². The lowest BCUT2D eigenvalue weighted by molar-refractivity contribution is -0.119. The Morgan fingerprint density at radius 1 is 1.19 bits per heavy atom. The fourth-order valence-electron chi connectivity index (χ4n) is 4.84. The Kier molecular flexibility index (Phi) is 5.80. The van der Waals surface area contributed by atoms with Crippen molar-refractivity contribution in [1.29, 1.82) is 0 Å². The van der Waals surface area contributed by atoms with Crippen LogP contribution in [0.1, 0.15) is 50.5 Å². The van der Waals surface area contributed by atoms with Crippen LogP contribution in [0.5, 0.6) is 0 Å². The average molecular weight is 439 g/mol. The molecule has 0 radical (unpaired) electrons. The third-order valence-corrected chi connectivity index (χ3v) is 7.56. The second kappa shape index (κ2) is 8.71. The molecule has 2 aliphatic carbocycles. The number of nitrogens with one attached hydrogen (secondary N) is 1. The molecule has 164 valence electrons. The number of hydrogen-bond acceptors (Lipinski definition) is 5. The molecule has 1 aliphatic heterocycles. The summed E-state index contributed by atoms with van der Waals surface area (Å²) in [6.45, 7) is 1.18. The van der Waals surface area contributed by atoms with Crippen LogP contribution in [0.25, 0.3) is 11.3 Å². The molecule has 0 bridgehead atoms. The lowest BCUT2D eigenvalue weighted by Crippen LogP contribution is -2.39. The minimum absolute atomic E-state index is 0.00263. The van der Waals surface area contributed by atoms with Gasteiger partial charge in [0.25, 0.3) is 0 Å². The van der Waals surface area contributed by atoms with E-state index in [4.69, 9.17) is 0 Å². The number of thiazole rings is 1. The molecule has 1 aromatic carbocycles. The SMILES string of the molecule is CN(CC(=O)Nc1nc(-c2ccc3c(c2)CCN3C(=O)C2CC2)cs1)C1CCCCC1. The average Bonchev–Trinajstić information content (AvgIpc) is 3.39. The number of rotatable bonds is 6. The Labute approximate surface area is 187 Å². The summed E-state index contributed by atoms with van der Waals surface area (Å²) >= 11 is 1.46. The number of carbonyl (C=O) groups excluding carboxylic acids is 2. The Bertz CT molecular complexity index is 978. The summed E-state index contributed by atoms with van der Waals surface area (Å²) in [5, 5.41) is 5.60. The maximum Gasteiger partial charge on any atom is 0.240 e. The van der Waals surface area contributed by atoms with E-state index in [1.165, 1.54) is 49.0 Å². The van der Waals surface area contributed by atoms with Crippen LogP contribution in [-0.2, 0) is 16.0 Å². The molecule has 2 saturated carbocycles. The van der Waals surface area contributed by atoms with Crippen molar-refractivity contribution in [1.82, 2.24) is 9.88 Å². The van der Waals surface area contributed by atoms with Gasteiger partial charge >= 0.3 is 0 Å². The van der Waals surface area contributed by atoms with Crippen LogP contribution in [0.4, 0.5) is 10.8 Å². The van der Waals surface area contributed by atoms with Crippen LogP contribution in [0.15, 0.2) is 23.6 Å². The molecule has 2 amide bonds. The summed E-state index contributed by atoms with van der Waals surface area (Å²) < 4.78 is 0. The van der Waals surface area contributed by atoms with Crippen molar-refractivity contribution in [2.45, 2.75) is 57.4 Å². The number of amides is 2. The minimum atomic E-state index is -0.00263. The largest absolute Gasteiger partial charge is 0.312 e. The van der Waals surface area contributed by atoms with Gasteiger partial charge in [0.2, 0.25) is 11.8 Å². The van der Waals surface area contributed by atoms with Crippen LogP contribution >= 0.6 is 11.3 Å². The third kappa shape index (κ3) is 4.53. The van der Waals surface area contributed by atoms with E-state index in [0.29, 0.717) is 17.7 Å². The van der Waals surface area contributed by atoms with Crippen LogP contribution in [0.2, 0.25) is 0 Å². The van der Waals surface area contributed by atoms with Gasteiger partial charge in [0, 0.05) is 35.1 Å². The summed E-state index contributed by atoms with van der Waals surface area (Å²) in [5.41, 5.74) is 4.17. The molecule has 0 spiro atoms. The summed E-state index contributed by atoms with van der Waals surface area (Å²) in [6.07, 6.45) is 9.18. The van der Waals surface area contributed by atoms with Gasteiger partial charge in [-0.1, -0.05) is 25.3 Å². The van der Waals surface area contributed by atoms with Gasteiger partial charge in [-0.05, 0) is 56.8 Å². The van der Waals surface area contributed by atoms with E-state index in [1.54, 1.807) is 0 Å². The highest BCUT2D eigenvalue weighted by Crippen LogP contribution is 2.38. The lowest BCUT2D eigenvalue weighted by atomic mass is 9.94. The smallest absolute Gasteiger partial charge is 0.240 e. The third-order valence-electron chi connectivity index (χ3n) is 6.81. The molecule has 1 N–H and O–H groups in total. The molecule has 5 rings (SSSR count). The predicted octanol–water partition coefficient (Wildman–Crippen LogP) is 4.31.